The molecule has 1 aliphatic rings. The molecule has 2 amide bonds. The van der Waals surface area contributed by atoms with Gasteiger partial charge in [0.05, 0.1) is 5.92 Å². The van der Waals surface area contributed by atoms with Crippen LogP contribution in [-0.2, 0) is 4.79 Å². The average molecular weight is 424 g/mol. The Bertz CT molecular complexity index is 766. The zero-order valence-corrected chi connectivity index (χ0v) is 18.4. The number of rotatable bonds is 15. The van der Waals surface area contributed by atoms with E-state index >= 15 is 0 Å². The summed E-state index contributed by atoms with van der Waals surface area (Å²) in [7, 11) is 0. The molecule has 0 fully saturated rings. The number of nitrogens with zero attached hydrogens (tertiary/aromatic N) is 2. The molecule has 0 aromatic heterocycles. The van der Waals surface area contributed by atoms with E-state index in [-0.39, 0.29) is 17.7 Å². The van der Waals surface area contributed by atoms with Gasteiger partial charge in [0.2, 0.25) is 11.3 Å². The second-order valence-corrected chi connectivity index (χ2v) is 8.02. The van der Waals surface area contributed by atoms with Gasteiger partial charge < -0.3 is 10.6 Å². The van der Waals surface area contributed by atoms with Gasteiger partial charge in [0.25, 0.3) is 5.91 Å². The van der Waals surface area contributed by atoms with Crippen LogP contribution in [0.2, 0.25) is 0 Å². The van der Waals surface area contributed by atoms with E-state index < -0.39 is 0 Å². The second-order valence-electron chi connectivity index (χ2n) is 8.02. The Morgan fingerprint density at radius 2 is 1.23 bits per heavy atom. The number of hydrogen-bond donors (Lipinski definition) is 2. The summed E-state index contributed by atoms with van der Waals surface area (Å²) in [4.78, 5) is 26.9. The maximum Gasteiger partial charge on any atom is 0.385 e. The second kappa shape index (κ2) is 15.0. The molecule has 2 rings (SSSR count). The number of nitrogens with one attached hydrogen (secondary N) is 2. The minimum Gasteiger partial charge on any atom is -0.355 e. The van der Waals surface area contributed by atoms with Gasteiger partial charge >= 0.3 is 5.69 Å². The van der Waals surface area contributed by atoms with E-state index in [0.29, 0.717) is 17.8 Å². The van der Waals surface area contributed by atoms with Crippen molar-refractivity contribution >= 4 is 17.5 Å². The van der Waals surface area contributed by atoms with Crippen LogP contribution < -0.4 is 10.6 Å². The summed E-state index contributed by atoms with van der Waals surface area (Å²) in [6.45, 7) is 1.46. The SMILES string of the molecule is N#[N+]c1ccc(C(=O)NCCCCCCCCCCCCNC(=O)C2C=CC=C2)cc1. The maximum atomic E-state index is 12.0. The average Bonchev–Trinajstić information content (AvgIpc) is 3.34. The largest absolute Gasteiger partial charge is 0.385 e. The van der Waals surface area contributed by atoms with Gasteiger partial charge in [-0.15, -0.1) is 0 Å². The summed E-state index contributed by atoms with van der Waals surface area (Å²) in [5.41, 5.74) is 1.02. The lowest BCUT2D eigenvalue weighted by atomic mass is 10.1. The molecule has 0 radical (unpaired) electrons. The third-order valence-electron chi connectivity index (χ3n) is 5.48. The van der Waals surface area contributed by atoms with Crippen molar-refractivity contribution < 1.29 is 9.59 Å². The zero-order chi connectivity index (χ0) is 22.2. The van der Waals surface area contributed by atoms with Crippen molar-refractivity contribution in [3.63, 3.8) is 0 Å². The van der Waals surface area contributed by atoms with E-state index in [1.54, 1.807) is 24.3 Å². The molecular weight excluding hydrogens is 388 g/mol. The van der Waals surface area contributed by atoms with Crippen molar-refractivity contribution in [2.45, 2.75) is 64.2 Å². The molecule has 1 aliphatic carbocycles. The van der Waals surface area contributed by atoms with Crippen molar-refractivity contribution in [1.29, 1.82) is 5.39 Å². The van der Waals surface area contributed by atoms with Crippen LogP contribution in [0.4, 0.5) is 5.69 Å². The Hall–Kier alpha value is -2.94. The van der Waals surface area contributed by atoms with Crippen molar-refractivity contribution in [2.24, 2.45) is 5.92 Å². The minimum atomic E-state index is -0.0868. The molecule has 0 saturated carbocycles. The molecule has 1 aromatic carbocycles. The molecule has 1 aromatic rings. The van der Waals surface area contributed by atoms with Gasteiger partial charge in [-0.3, -0.25) is 9.59 Å². The van der Waals surface area contributed by atoms with Crippen LogP contribution in [0.5, 0.6) is 0 Å². The molecule has 166 valence electrons. The molecule has 2 N–H and O–H groups in total. The Labute approximate surface area is 185 Å². The quantitative estimate of drug-likeness (QED) is 0.282. The molecule has 6 nitrogen and oxygen atoms in total. The molecule has 0 unspecified atom stereocenters. The standard InChI is InChI=1S/C25H34N4O2/c26-29-23-17-15-22(16-18-23)25(31)28-20-12-8-6-4-2-1-3-5-7-11-19-27-24(30)21-13-9-10-14-21/h9-10,13-18,21H,1-8,11-12,19-20H2,(H-,27,28,30,31)/p+1. The Morgan fingerprint density at radius 1 is 0.742 bits per heavy atom. The Morgan fingerprint density at radius 3 is 1.74 bits per heavy atom. The van der Waals surface area contributed by atoms with Crippen LogP contribution in [0, 0.1) is 11.3 Å². The fourth-order valence-electron chi connectivity index (χ4n) is 3.58. The molecule has 0 bridgehead atoms. The predicted molar refractivity (Wildman–Crippen MR) is 124 cm³/mol. The normalized spacial score (nSPS) is 12.6. The first-order valence-corrected chi connectivity index (χ1v) is 11.6. The third kappa shape index (κ3) is 10.1. The third-order valence-corrected chi connectivity index (χ3v) is 5.48. The number of carbonyl (C=O) groups is 2. The van der Waals surface area contributed by atoms with E-state index in [4.69, 9.17) is 5.39 Å². The summed E-state index contributed by atoms with van der Waals surface area (Å²) < 4.78 is 0. The molecule has 0 aliphatic heterocycles. The molecular formula is C25H35N4O2+. The highest BCUT2D eigenvalue weighted by atomic mass is 16.2. The molecule has 0 atom stereocenters. The van der Waals surface area contributed by atoms with Gasteiger partial charge in [-0.1, -0.05) is 75.7 Å². The van der Waals surface area contributed by atoms with Crippen molar-refractivity contribution in [3.05, 3.63) is 59.1 Å². The first kappa shape index (κ1) is 24.3. The number of allylic oxidation sites excluding steroid dienone is 2. The smallest absolute Gasteiger partial charge is 0.355 e. The first-order chi connectivity index (χ1) is 15.2. The fourth-order valence-corrected chi connectivity index (χ4v) is 3.58. The highest BCUT2D eigenvalue weighted by molar-refractivity contribution is 5.94. The van der Waals surface area contributed by atoms with Crippen LogP contribution >= 0.6 is 0 Å². The van der Waals surface area contributed by atoms with E-state index in [2.05, 4.69) is 15.6 Å². The summed E-state index contributed by atoms with van der Waals surface area (Å²) in [5.74, 6) is -0.0495. The number of unbranched alkanes of at least 4 members (excludes halogenated alkanes) is 9. The zero-order valence-electron chi connectivity index (χ0n) is 18.4. The van der Waals surface area contributed by atoms with Crippen LogP contribution in [0.15, 0.2) is 48.6 Å². The van der Waals surface area contributed by atoms with Crippen LogP contribution in [0.25, 0.3) is 4.98 Å². The maximum absolute atomic E-state index is 12.0. The van der Waals surface area contributed by atoms with E-state index in [1.807, 2.05) is 24.3 Å². The minimum absolute atomic E-state index is 0.0716. The van der Waals surface area contributed by atoms with Gasteiger partial charge in [0, 0.05) is 30.8 Å². The van der Waals surface area contributed by atoms with Gasteiger partial charge in [-0.25, -0.2) is 0 Å². The number of amides is 2. The van der Waals surface area contributed by atoms with Crippen molar-refractivity contribution in [2.75, 3.05) is 13.1 Å². The van der Waals surface area contributed by atoms with Gasteiger partial charge in [-0.05, 0) is 25.0 Å². The molecule has 6 heteroatoms. The van der Waals surface area contributed by atoms with Crippen molar-refractivity contribution in [3.8, 4) is 0 Å². The van der Waals surface area contributed by atoms with E-state index in [0.717, 1.165) is 25.8 Å². The first-order valence-electron chi connectivity index (χ1n) is 11.6. The van der Waals surface area contributed by atoms with Gasteiger partial charge in [0.15, 0.2) is 4.98 Å². The Kier molecular flexibility index (Phi) is 11.7. The summed E-state index contributed by atoms with van der Waals surface area (Å²) in [6, 6.07) is 6.54. The molecule has 0 saturated heterocycles. The van der Waals surface area contributed by atoms with E-state index in [1.165, 1.54) is 44.9 Å². The van der Waals surface area contributed by atoms with Crippen LogP contribution in [-0.4, -0.2) is 24.9 Å². The highest BCUT2D eigenvalue weighted by Gasteiger charge is 2.12. The van der Waals surface area contributed by atoms with Gasteiger partial charge in [-0.2, -0.15) is 0 Å². The van der Waals surface area contributed by atoms with E-state index in [9.17, 15) is 9.59 Å². The lowest BCUT2D eigenvalue weighted by Gasteiger charge is -2.08. The summed E-state index contributed by atoms with van der Waals surface area (Å²) >= 11 is 0. The summed E-state index contributed by atoms with van der Waals surface area (Å²) in [6.07, 6.45) is 19.5. The monoisotopic (exact) mass is 423 g/mol. The number of carbonyl (C=O) groups excluding carboxylic acids is 2. The van der Waals surface area contributed by atoms with Crippen LogP contribution in [0.3, 0.4) is 0 Å². The molecule has 0 heterocycles. The summed E-state index contributed by atoms with van der Waals surface area (Å²) in [5, 5.41) is 14.6. The molecule has 0 spiro atoms. The lowest BCUT2D eigenvalue weighted by molar-refractivity contribution is -0.122. The lowest BCUT2D eigenvalue weighted by Crippen LogP contribution is -2.29. The van der Waals surface area contributed by atoms with Gasteiger partial charge in [0.1, 0.15) is 0 Å². The topological polar surface area (TPSA) is 86.3 Å². The molecule has 31 heavy (non-hydrogen) atoms. The highest BCUT2D eigenvalue weighted by Crippen LogP contribution is 2.13. The fraction of sp³-hybridized carbons (Fsp3) is 0.520. The Balaban J connectivity index is 1.33. The van der Waals surface area contributed by atoms with Crippen molar-refractivity contribution in [1.82, 2.24) is 10.6 Å². The number of hydrogen-bond acceptors (Lipinski definition) is 3. The number of benzene rings is 1. The number of diazo groups is 1. The van der Waals surface area contributed by atoms with Crippen LogP contribution in [0.1, 0.15) is 74.6 Å². The predicted octanol–water partition coefficient (Wildman–Crippen LogP) is 5.66.